The summed E-state index contributed by atoms with van der Waals surface area (Å²) < 4.78 is 10.2. The lowest BCUT2D eigenvalue weighted by Gasteiger charge is -2.34. The Bertz CT molecular complexity index is 1230. The van der Waals surface area contributed by atoms with Crippen LogP contribution in [0.5, 0.6) is 5.75 Å². The average molecular weight is 507 g/mol. The van der Waals surface area contributed by atoms with Gasteiger partial charge >= 0.3 is 12.0 Å². The third-order valence-corrected chi connectivity index (χ3v) is 6.43. The summed E-state index contributed by atoms with van der Waals surface area (Å²) in [6.45, 7) is 7.05. The summed E-state index contributed by atoms with van der Waals surface area (Å²) in [6, 6.07) is 14.4. The molecule has 0 unspecified atom stereocenters. The van der Waals surface area contributed by atoms with Gasteiger partial charge in [-0.1, -0.05) is 26.0 Å². The monoisotopic (exact) mass is 506 g/mol. The van der Waals surface area contributed by atoms with E-state index in [4.69, 9.17) is 19.4 Å². The molecular weight excluding hydrogens is 472 g/mol. The van der Waals surface area contributed by atoms with Crippen molar-refractivity contribution in [2.75, 3.05) is 51.0 Å². The number of rotatable bonds is 8. The quantitative estimate of drug-likeness (QED) is 0.446. The maximum atomic E-state index is 12.7. The van der Waals surface area contributed by atoms with Crippen LogP contribution in [0.4, 0.5) is 16.3 Å². The molecule has 196 valence electrons. The number of para-hydroxylation sites is 1. The number of piperazine rings is 1. The van der Waals surface area contributed by atoms with E-state index in [1.165, 1.54) is 7.11 Å². The van der Waals surface area contributed by atoms with Gasteiger partial charge < -0.3 is 25.0 Å². The van der Waals surface area contributed by atoms with Gasteiger partial charge in [-0.05, 0) is 42.3 Å². The Morgan fingerprint density at radius 3 is 2.32 bits per heavy atom. The molecule has 1 fully saturated rings. The average Bonchev–Trinajstić information content (AvgIpc) is 2.91. The van der Waals surface area contributed by atoms with E-state index < -0.39 is 6.04 Å². The zero-order chi connectivity index (χ0) is 26.4. The van der Waals surface area contributed by atoms with Crippen LogP contribution in [0.1, 0.15) is 19.7 Å². The topological polar surface area (TPSA) is 109 Å². The fourth-order valence-electron chi connectivity index (χ4n) is 4.26. The highest BCUT2D eigenvalue weighted by Crippen LogP contribution is 2.23. The number of carbonyl (C=O) groups excluding carboxylic acids is 2. The zero-order valence-electron chi connectivity index (χ0n) is 21.7. The number of carbonyl (C=O) groups is 2. The van der Waals surface area contributed by atoms with E-state index in [1.807, 2.05) is 62.4 Å². The van der Waals surface area contributed by atoms with Crippen LogP contribution in [-0.2, 0) is 16.1 Å². The van der Waals surface area contributed by atoms with Gasteiger partial charge in [0.15, 0.2) is 0 Å². The summed E-state index contributed by atoms with van der Waals surface area (Å²) in [6.07, 6.45) is 0. The van der Waals surface area contributed by atoms with Gasteiger partial charge in [-0.25, -0.2) is 19.6 Å². The fraction of sp³-hybridized carbons (Fsp3) is 0.407. The first kappa shape index (κ1) is 26.2. The Balaban J connectivity index is 1.41. The number of hydrogen-bond donors (Lipinski definition) is 2. The van der Waals surface area contributed by atoms with Crippen LogP contribution < -0.4 is 15.4 Å². The first-order valence-electron chi connectivity index (χ1n) is 12.4. The summed E-state index contributed by atoms with van der Waals surface area (Å²) in [5, 5.41) is 7.08. The van der Waals surface area contributed by atoms with Crippen LogP contribution in [0, 0.1) is 5.92 Å². The minimum absolute atomic E-state index is 0.0155. The summed E-state index contributed by atoms with van der Waals surface area (Å²) in [5.74, 6) is 1.70. The van der Waals surface area contributed by atoms with E-state index in [9.17, 15) is 9.59 Å². The number of anilines is 2. The van der Waals surface area contributed by atoms with E-state index in [2.05, 4.69) is 15.5 Å². The smallest absolute Gasteiger partial charge is 0.328 e. The molecule has 3 aromatic rings. The maximum absolute atomic E-state index is 12.7. The molecule has 10 nitrogen and oxygen atoms in total. The third kappa shape index (κ3) is 6.45. The number of fused-ring (bicyclic) bond motifs is 1. The van der Waals surface area contributed by atoms with Crippen molar-refractivity contribution < 1.29 is 19.1 Å². The minimum atomic E-state index is -0.524. The molecule has 2 amide bonds. The number of aromatic nitrogens is 2. The number of amides is 2. The Morgan fingerprint density at radius 1 is 0.973 bits per heavy atom. The second-order valence-electron chi connectivity index (χ2n) is 9.32. The molecule has 1 aromatic heterocycles. The summed E-state index contributed by atoms with van der Waals surface area (Å²) in [5.41, 5.74) is 1.53. The zero-order valence-corrected chi connectivity index (χ0v) is 21.7. The van der Waals surface area contributed by atoms with Crippen LogP contribution in [-0.4, -0.2) is 78.2 Å². The molecular formula is C27H34N6O4. The molecule has 0 aliphatic carbocycles. The Kier molecular flexibility index (Phi) is 8.39. The Morgan fingerprint density at radius 2 is 1.68 bits per heavy atom. The van der Waals surface area contributed by atoms with Gasteiger partial charge in [0.2, 0.25) is 0 Å². The summed E-state index contributed by atoms with van der Waals surface area (Å²) in [7, 11) is 3.00. The maximum Gasteiger partial charge on any atom is 0.328 e. The standard InChI is InChI=1S/C27H34N6O4/c1-18(2)24(26(34)37-4)31-25-21-7-5-6-8-22(21)29-23(30-25)17-32-13-15-33(16-14-32)27(35)28-19-9-11-20(36-3)12-10-19/h5-12,18,24H,13-17H2,1-4H3,(H,28,35)(H,29,30,31)/t24-/m0/s1. The predicted molar refractivity (Wildman–Crippen MR) is 143 cm³/mol. The molecule has 2 heterocycles. The number of nitrogens with one attached hydrogen (secondary N) is 2. The van der Waals surface area contributed by atoms with Crippen LogP contribution in [0.3, 0.4) is 0 Å². The molecule has 2 N–H and O–H groups in total. The molecule has 0 saturated carbocycles. The molecule has 4 rings (SSSR count). The van der Waals surface area contributed by atoms with E-state index in [1.54, 1.807) is 12.0 Å². The van der Waals surface area contributed by atoms with Gasteiger partial charge in [-0.15, -0.1) is 0 Å². The van der Waals surface area contributed by atoms with Crippen molar-refractivity contribution in [3.8, 4) is 5.75 Å². The van der Waals surface area contributed by atoms with E-state index in [-0.39, 0.29) is 17.9 Å². The number of urea groups is 1. The van der Waals surface area contributed by atoms with Crippen molar-refractivity contribution in [3.05, 3.63) is 54.4 Å². The number of benzene rings is 2. The lowest BCUT2D eigenvalue weighted by Crippen LogP contribution is -2.49. The van der Waals surface area contributed by atoms with Gasteiger partial charge in [0.05, 0.1) is 26.3 Å². The molecule has 0 bridgehead atoms. The molecule has 0 spiro atoms. The van der Waals surface area contributed by atoms with E-state index >= 15 is 0 Å². The van der Waals surface area contributed by atoms with Crippen molar-refractivity contribution in [1.82, 2.24) is 19.8 Å². The van der Waals surface area contributed by atoms with E-state index in [0.717, 1.165) is 22.3 Å². The molecule has 1 aliphatic heterocycles. The van der Waals surface area contributed by atoms with Crippen molar-refractivity contribution in [2.45, 2.75) is 26.4 Å². The van der Waals surface area contributed by atoms with Crippen molar-refractivity contribution in [1.29, 1.82) is 0 Å². The molecule has 37 heavy (non-hydrogen) atoms. The van der Waals surface area contributed by atoms with Crippen molar-refractivity contribution in [2.24, 2.45) is 5.92 Å². The van der Waals surface area contributed by atoms with Gasteiger partial charge in [-0.3, -0.25) is 4.90 Å². The van der Waals surface area contributed by atoms with Crippen LogP contribution in [0.2, 0.25) is 0 Å². The van der Waals surface area contributed by atoms with E-state index in [0.29, 0.717) is 44.4 Å². The highest BCUT2D eigenvalue weighted by atomic mass is 16.5. The number of hydrogen-bond acceptors (Lipinski definition) is 8. The molecule has 10 heteroatoms. The molecule has 2 aromatic carbocycles. The molecule has 1 aliphatic rings. The van der Waals surface area contributed by atoms with Gasteiger partial charge in [0, 0.05) is 37.3 Å². The number of ether oxygens (including phenoxy) is 2. The van der Waals surface area contributed by atoms with Crippen LogP contribution in [0.15, 0.2) is 48.5 Å². The predicted octanol–water partition coefficient (Wildman–Crippen LogP) is 3.60. The lowest BCUT2D eigenvalue weighted by molar-refractivity contribution is -0.142. The highest BCUT2D eigenvalue weighted by Gasteiger charge is 2.25. The second kappa shape index (κ2) is 11.9. The molecule has 0 radical (unpaired) electrons. The van der Waals surface area contributed by atoms with Gasteiger partial charge in [-0.2, -0.15) is 0 Å². The van der Waals surface area contributed by atoms with Crippen LogP contribution in [0.25, 0.3) is 10.9 Å². The minimum Gasteiger partial charge on any atom is -0.497 e. The first-order chi connectivity index (χ1) is 17.9. The molecule has 1 atom stereocenters. The number of esters is 1. The first-order valence-corrected chi connectivity index (χ1v) is 12.4. The van der Waals surface area contributed by atoms with Crippen molar-refractivity contribution in [3.63, 3.8) is 0 Å². The second-order valence-corrected chi connectivity index (χ2v) is 9.32. The number of methoxy groups -OCH3 is 2. The van der Waals surface area contributed by atoms with Gasteiger partial charge in [0.1, 0.15) is 23.4 Å². The number of nitrogens with zero attached hydrogens (tertiary/aromatic N) is 4. The highest BCUT2D eigenvalue weighted by molar-refractivity contribution is 5.91. The normalized spacial score (nSPS) is 14.9. The van der Waals surface area contributed by atoms with Crippen LogP contribution >= 0.6 is 0 Å². The summed E-state index contributed by atoms with van der Waals surface area (Å²) >= 11 is 0. The van der Waals surface area contributed by atoms with Crippen molar-refractivity contribution >= 4 is 34.4 Å². The lowest BCUT2D eigenvalue weighted by atomic mass is 10.0. The Labute approximate surface area is 217 Å². The Hall–Kier alpha value is -3.92. The SMILES string of the molecule is COC(=O)[C@@H](Nc1nc(CN2CCN(C(=O)Nc3ccc(OC)cc3)CC2)nc2ccccc12)C(C)C. The fourth-order valence-corrected chi connectivity index (χ4v) is 4.26. The summed E-state index contributed by atoms with van der Waals surface area (Å²) in [4.78, 5) is 38.6. The molecule has 1 saturated heterocycles. The van der Waals surface area contributed by atoms with Gasteiger partial charge in [0.25, 0.3) is 0 Å². The third-order valence-electron chi connectivity index (χ3n) is 6.43. The largest absolute Gasteiger partial charge is 0.497 e.